The zero-order valence-electron chi connectivity index (χ0n) is 22.9. The van der Waals surface area contributed by atoms with Crippen molar-refractivity contribution in [3.8, 4) is 5.75 Å². The van der Waals surface area contributed by atoms with Gasteiger partial charge in [0.15, 0.2) is 0 Å². The van der Waals surface area contributed by atoms with Gasteiger partial charge in [-0.15, -0.1) is 0 Å². The molecule has 2 aromatic carbocycles. The number of carbonyl (C=O) groups excluding carboxylic acids is 1. The van der Waals surface area contributed by atoms with Crippen LogP contribution in [-0.2, 0) is 21.2 Å². The molecule has 1 atom stereocenters. The van der Waals surface area contributed by atoms with Crippen LogP contribution in [0.5, 0.6) is 5.75 Å². The van der Waals surface area contributed by atoms with Gasteiger partial charge in [-0.3, -0.25) is 4.79 Å². The number of fused-ring (bicyclic) bond motifs is 1. The molecule has 0 unspecified atom stereocenters. The first-order chi connectivity index (χ1) is 19.3. The third-order valence-corrected chi connectivity index (χ3v) is 10.1. The lowest BCUT2D eigenvalue weighted by Gasteiger charge is -2.35. The number of amides is 1. The van der Waals surface area contributed by atoms with Crippen molar-refractivity contribution in [2.45, 2.75) is 50.0 Å². The van der Waals surface area contributed by atoms with Crippen molar-refractivity contribution in [3.05, 3.63) is 41.5 Å². The Kier molecular flexibility index (Phi) is 7.41. The predicted octanol–water partition coefficient (Wildman–Crippen LogP) is 2.75. The summed E-state index contributed by atoms with van der Waals surface area (Å²) in [4.78, 5) is 18.2. The van der Waals surface area contributed by atoms with Gasteiger partial charge in [0.2, 0.25) is 10.0 Å². The summed E-state index contributed by atoms with van der Waals surface area (Å²) in [5.74, 6) is 0.599. The van der Waals surface area contributed by atoms with Gasteiger partial charge in [-0.05, 0) is 68.4 Å². The molecule has 1 aliphatic carbocycles. The second-order valence-electron chi connectivity index (χ2n) is 11.5. The number of piperidine rings is 1. The van der Waals surface area contributed by atoms with Crippen LogP contribution < -0.4 is 24.6 Å². The van der Waals surface area contributed by atoms with Crippen molar-refractivity contribution in [1.82, 2.24) is 4.72 Å². The molecule has 2 aromatic rings. The molecule has 0 aromatic heterocycles. The summed E-state index contributed by atoms with van der Waals surface area (Å²) in [6.45, 7) is 5.98. The molecule has 40 heavy (non-hydrogen) atoms. The van der Waals surface area contributed by atoms with Crippen molar-refractivity contribution in [2.75, 3.05) is 67.7 Å². The van der Waals surface area contributed by atoms with E-state index < -0.39 is 10.0 Å². The summed E-state index contributed by atoms with van der Waals surface area (Å²) < 4.78 is 39.8. The van der Waals surface area contributed by atoms with Crippen molar-refractivity contribution >= 4 is 33.0 Å². The predicted molar refractivity (Wildman–Crippen MR) is 153 cm³/mol. The lowest BCUT2D eigenvalue weighted by atomic mass is 9.93. The Labute approximate surface area is 235 Å². The average Bonchev–Trinajstić information content (AvgIpc) is 3.53. The van der Waals surface area contributed by atoms with E-state index in [9.17, 15) is 13.2 Å². The van der Waals surface area contributed by atoms with Gasteiger partial charge in [0, 0.05) is 50.3 Å². The molecule has 3 aliphatic heterocycles. The molecule has 0 radical (unpaired) electrons. The van der Waals surface area contributed by atoms with Crippen LogP contribution >= 0.6 is 0 Å². The lowest BCUT2D eigenvalue weighted by molar-refractivity contribution is 0.0530. The molecule has 6 rings (SSSR count). The fourth-order valence-corrected chi connectivity index (χ4v) is 7.13. The topological polar surface area (TPSA) is 120 Å². The first-order valence-electron chi connectivity index (χ1n) is 14.2. The molecule has 1 saturated carbocycles. The van der Waals surface area contributed by atoms with E-state index in [0.29, 0.717) is 35.6 Å². The van der Waals surface area contributed by atoms with Gasteiger partial charge in [0.1, 0.15) is 5.75 Å². The van der Waals surface area contributed by atoms with Gasteiger partial charge in [-0.25, -0.2) is 13.1 Å². The van der Waals surface area contributed by atoms with Crippen molar-refractivity contribution in [1.29, 1.82) is 0 Å². The molecule has 3 N–H and O–H groups in total. The second kappa shape index (κ2) is 10.8. The highest BCUT2D eigenvalue weighted by Gasteiger charge is 2.44. The van der Waals surface area contributed by atoms with E-state index in [4.69, 9.17) is 14.6 Å². The molecule has 1 amide bonds. The van der Waals surface area contributed by atoms with Crippen LogP contribution in [0.1, 0.15) is 48.5 Å². The number of morpholine rings is 1. The van der Waals surface area contributed by atoms with Crippen LogP contribution in [0.2, 0.25) is 0 Å². The number of rotatable bonds is 8. The number of carbonyl (C=O) groups is 1. The number of nitrogens with zero attached hydrogens (tertiary/aromatic N) is 2. The minimum absolute atomic E-state index is 0.0608. The summed E-state index contributed by atoms with van der Waals surface area (Å²) in [5.41, 5.74) is 4.20. The van der Waals surface area contributed by atoms with E-state index in [1.54, 1.807) is 12.1 Å². The SMILES string of the molecule is C[C@@H]1CN(c2cc(C(=O)Nc3ccc(S(=O)(=O)NCCO)cc3N3CCC4(CC3)CC4)cc3c2OCC3)CCO1. The van der Waals surface area contributed by atoms with Crippen LogP contribution in [0.3, 0.4) is 0 Å². The Morgan fingerprint density at radius 3 is 2.58 bits per heavy atom. The largest absolute Gasteiger partial charge is 0.491 e. The third kappa shape index (κ3) is 5.52. The molecular formula is C29H38N4O6S. The summed E-state index contributed by atoms with van der Waals surface area (Å²) in [7, 11) is -3.80. The molecule has 1 spiro atoms. The number of sulfonamides is 1. The Morgan fingerprint density at radius 1 is 1.05 bits per heavy atom. The van der Waals surface area contributed by atoms with Gasteiger partial charge < -0.3 is 29.7 Å². The molecule has 0 bridgehead atoms. The van der Waals surface area contributed by atoms with Crippen molar-refractivity contribution in [3.63, 3.8) is 0 Å². The number of benzene rings is 2. The Hall–Kier alpha value is -2.86. The summed E-state index contributed by atoms with van der Waals surface area (Å²) in [6.07, 6.45) is 5.48. The summed E-state index contributed by atoms with van der Waals surface area (Å²) >= 11 is 0. The average molecular weight is 571 g/mol. The van der Waals surface area contributed by atoms with Gasteiger partial charge in [0.25, 0.3) is 5.91 Å². The van der Waals surface area contributed by atoms with E-state index in [1.165, 1.54) is 18.9 Å². The maximum absolute atomic E-state index is 13.7. The van der Waals surface area contributed by atoms with Crippen LogP contribution in [0, 0.1) is 5.41 Å². The van der Waals surface area contributed by atoms with E-state index in [1.807, 2.05) is 19.1 Å². The highest BCUT2D eigenvalue weighted by Crippen LogP contribution is 2.54. The fourth-order valence-electron chi connectivity index (χ4n) is 6.09. The first kappa shape index (κ1) is 27.3. The monoisotopic (exact) mass is 570 g/mol. The number of aliphatic hydroxyl groups excluding tert-OH is 1. The Balaban J connectivity index is 1.30. The Morgan fingerprint density at radius 2 is 1.85 bits per heavy atom. The van der Waals surface area contributed by atoms with Crippen LogP contribution in [0.4, 0.5) is 17.1 Å². The molecule has 4 aliphatic rings. The molecular weight excluding hydrogens is 532 g/mol. The lowest BCUT2D eigenvalue weighted by Crippen LogP contribution is -2.41. The van der Waals surface area contributed by atoms with E-state index in [0.717, 1.165) is 62.4 Å². The number of ether oxygens (including phenoxy) is 2. The van der Waals surface area contributed by atoms with Crippen molar-refractivity contribution < 1.29 is 27.8 Å². The van der Waals surface area contributed by atoms with Gasteiger partial charge >= 0.3 is 0 Å². The highest BCUT2D eigenvalue weighted by atomic mass is 32.2. The van der Waals surface area contributed by atoms with E-state index >= 15 is 0 Å². The van der Waals surface area contributed by atoms with Crippen LogP contribution in [0.15, 0.2) is 35.2 Å². The number of aliphatic hydroxyl groups is 1. The fraction of sp³-hybridized carbons (Fsp3) is 0.552. The first-order valence-corrected chi connectivity index (χ1v) is 15.7. The van der Waals surface area contributed by atoms with Crippen LogP contribution in [-0.4, -0.2) is 78.1 Å². The highest BCUT2D eigenvalue weighted by molar-refractivity contribution is 7.89. The summed E-state index contributed by atoms with van der Waals surface area (Å²) in [5, 5.41) is 12.2. The molecule has 216 valence electrons. The van der Waals surface area contributed by atoms with Crippen molar-refractivity contribution in [2.24, 2.45) is 5.41 Å². The number of hydrogen-bond donors (Lipinski definition) is 3. The zero-order chi connectivity index (χ0) is 27.9. The summed E-state index contributed by atoms with van der Waals surface area (Å²) in [6, 6.07) is 8.61. The third-order valence-electron chi connectivity index (χ3n) is 8.66. The minimum Gasteiger partial charge on any atom is -0.491 e. The van der Waals surface area contributed by atoms with E-state index in [-0.39, 0.29) is 30.1 Å². The zero-order valence-corrected chi connectivity index (χ0v) is 23.8. The molecule has 3 fully saturated rings. The standard InChI is InChI=1S/C29H38N4O6S/c1-20-19-33(12-15-38-20)26-17-22(16-21-4-14-39-27(21)26)28(35)31-24-3-2-23(40(36,37)30-9-13-34)18-25(24)32-10-7-29(5-6-29)8-11-32/h2-3,16-18,20,30,34H,4-15,19H2,1H3,(H,31,35)/t20-/m1/s1. The normalized spacial score (nSPS) is 21.7. The number of nitrogens with one attached hydrogen (secondary N) is 2. The Bertz CT molecular complexity index is 1380. The van der Waals surface area contributed by atoms with Crippen LogP contribution in [0.25, 0.3) is 0 Å². The number of hydrogen-bond acceptors (Lipinski definition) is 8. The maximum atomic E-state index is 13.7. The maximum Gasteiger partial charge on any atom is 0.255 e. The number of anilines is 3. The molecule has 10 nitrogen and oxygen atoms in total. The van der Waals surface area contributed by atoms with E-state index in [2.05, 4.69) is 19.8 Å². The molecule has 2 saturated heterocycles. The second-order valence-corrected chi connectivity index (χ2v) is 13.2. The quantitative estimate of drug-likeness (QED) is 0.443. The van der Waals surface area contributed by atoms with Gasteiger partial charge in [-0.1, -0.05) is 0 Å². The van der Waals surface area contributed by atoms with Gasteiger partial charge in [-0.2, -0.15) is 0 Å². The minimum atomic E-state index is -3.80. The molecule has 11 heteroatoms. The molecule has 3 heterocycles. The van der Waals surface area contributed by atoms with Gasteiger partial charge in [0.05, 0.1) is 47.9 Å². The smallest absolute Gasteiger partial charge is 0.255 e.